The Balaban J connectivity index is 2.11. The van der Waals surface area contributed by atoms with Crippen LogP contribution in [0.15, 0.2) is 48.5 Å². The molecule has 92 valence electrons. The first-order valence-electron chi connectivity index (χ1n) is 5.63. The van der Waals surface area contributed by atoms with Crippen LogP contribution in [0.3, 0.4) is 0 Å². The quantitative estimate of drug-likeness (QED) is 0.611. The van der Waals surface area contributed by atoms with E-state index in [0.717, 1.165) is 23.6 Å². The van der Waals surface area contributed by atoms with Crippen molar-refractivity contribution in [2.45, 2.75) is 12.8 Å². The lowest BCUT2D eigenvalue weighted by Gasteiger charge is -2.02. The molecule has 3 nitrogen and oxygen atoms in total. The van der Waals surface area contributed by atoms with Crippen LogP contribution < -0.4 is 0 Å². The number of hydrogen-bond donors (Lipinski definition) is 0. The Hall–Kier alpha value is -2.23. The summed E-state index contributed by atoms with van der Waals surface area (Å²) < 4.78 is 13.1. The molecule has 0 heterocycles. The van der Waals surface area contributed by atoms with Crippen molar-refractivity contribution in [2.75, 3.05) is 0 Å². The maximum Gasteiger partial charge on any atom is 0.305 e. The second kappa shape index (κ2) is 5.40. The molecule has 2 aromatic rings. The number of benzene rings is 2. The summed E-state index contributed by atoms with van der Waals surface area (Å²) in [6.07, 6.45) is 1.44. The Kier molecular flexibility index (Phi) is 3.67. The van der Waals surface area contributed by atoms with Gasteiger partial charge < -0.3 is 0 Å². The van der Waals surface area contributed by atoms with Gasteiger partial charge in [-0.15, -0.1) is 0 Å². The number of nitro groups is 1. The van der Waals surface area contributed by atoms with Gasteiger partial charge in [-0.05, 0) is 30.0 Å². The summed E-state index contributed by atoms with van der Waals surface area (Å²) in [5.41, 5.74) is 1.47. The van der Waals surface area contributed by atoms with Crippen LogP contribution in [-0.4, -0.2) is 4.92 Å². The Morgan fingerprint density at radius 3 is 2.33 bits per heavy atom. The number of hydrogen-bond acceptors (Lipinski definition) is 2. The first kappa shape index (κ1) is 12.2. The van der Waals surface area contributed by atoms with Crippen LogP contribution in [0, 0.1) is 15.9 Å². The Bertz CT molecular complexity index is 555. The normalized spacial score (nSPS) is 10.3. The van der Waals surface area contributed by atoms with Gasteiger partial charge in [0.05, 0.1) is 4.92 Å². The van der Waals surface area contributed by atoms with E-state index in [1.165, 1.54) is 6.07 Å². The Morgan fingerprint density at radius 1 is 1.00 bits per heavy atom. The van der Waals surface area contributed by atoms with E-state index < -0.39 is 16.4 Å². The van der Waals surface area contributed by atoms with Gasteiger partial charge in [0.15, 0.2) is 0 Å². The maximum absolute atomic E-state index is 13.1. The summed E-state index contributed by atoms with van der Waals surface area (Å²) in [4.78, 5) is 9.92. The van der Waals surface area contributed by atoms with Crippen molar-refractivity contribution in [1.29, 1.82) is 0 Å². The lowest BCUT2D eigenvalue weighted by Crippen LogP contribution is -1.96. The summed E-state index contributed by atoms with van der Waals surface area (Å²) >= 11 is 0. The highest BCUT2D eigenvalue weighted by Gasteiger charge is 2.13. The zero-order valence-electron chi connectivity index (χ0n) is 9.67. The largest absolute Gasteiger partial charge is 0.305 e. The van der Waals surface area contributed by atoms with Gasteiger partial charge in [-0.25, -0.2) is 0 Å². The molecule has 0 radical (unpaired) electrons. The van der Waals surface area contributed by atoms with Crippen molar-refractivity contribution in [2.24, 2.45) is 0 Å². The molecule has 0 N–H and O–H groups in total. The van der Waals surface area contributed by atoms with Gasteiger partial charge in [0.25, 0.3) is 0 Å². The van der Waals surface area contributed by atoms with Crippen LogP contribution in [0.4, 0.5) is 10.1 Å². The monoisotopic (exact) mass is 245 g/mol. The predicted molar refractivity (Wildman–Crippen MR) is 66.9 cm³/mol. The van der Waals surface area contributed by atoms with Gasteiger partial charge in [0.2, 0.25) is 5.82 Å². The van der Waals surface area contributed by atoms with E-state index in [9.17, 15) is 14.5 Å². The van der Waals surface area contributed by atoms with Crippen LogP contribution in [0.1, 0.15) is 11.1 Å². The number of halogens is 1. The predicted octanol–water partition coefficient (Wildman–Crippen LogP) is 3.52. The lowest BCUT2D eigenvalue weighted by atomic mass is 10.0. The molecule has 2 aromatic carbocycles. The van der Waals surface area contributed by atoms with Crippen LogP contribution in [0.25, 0.3) is 0 Å². The first-order chi connectivity index (χ1) is 8.66. The molecule has 0 aromatic heterocycles. The van der Waals surface area contributed by atoms with Gasteiger partial charge in [0, 0.05) is 6.07 Å². The van der Waals surface area contributed by atoms with Crippen molar-refractivity contribution in [1.82, 2.24) is 0 Å². The molecule has 0 saturated heterocycles. The second-order valence-electron chi connectivity index (χ2n) is 4.03. The smallest absolute Gasteiger partial charge is 0.258 e. The fraction of sp³-hybridized carbons (Fsp3) is 0.143. The zero-order valence-corrected chi connectivity index (χ0v) is 9.67. The third kappa shape index (κ3) is 2.91. The van der Waals surface area contributed by atoms with Crippen LogP contribution in [0.2, 0.25) is 0 Å². The van der Waals surface area contributed by atoms with E-state index in [0.29, 0.717) is 6.42 Å². The summed E-state index contributed by atoms with van der Waals surface area (Å²) in [5.74, 6) is -0.788. The van der Waals surface area contributed by atoms with Crippen molar-refractivity contribution in [3.63, 3.8) is 0 Å². The van der Waals surface area contributed by atoms with Gasteiger partial charge in [0.1, 0.15) is 0 Å². The van der Waals surface area contributed by atoms with Crippen molar-refractivity contribution in [3.8, 4) is 0 Å². The summed E-state index contributed by atoms with van der Waals surface area (Å²) in [6.45, 7) is 0. The van der Waals surface area contributed by atoms with Crippen molar-refractivity contribution < 1.29 is 9.31 Å². The Labute approximate surface area is 104 Å². The van der Waals surface area contributed by atoms with Gasteiger partial charge in [-0.3, -0.25) is 10.1 Å². The molecule has 0 aliphatic rings. The highest BCUT2D eigenvalue weighted by Crippen LogP contribution is 2.19. The minimum atomic E-state index is -0.788. The molecule has 0 unspecified atom stereocenters. The fourth-order valence-corrected chi connectivity index (χ4v) is 1.79. The third-order valence-corrected chi connectivity index (χ3v) is 2.75. The molecule has 0 spiro atoms. The molecule has 0 bridgehead atoms. The molecule has 0 amide bonds. The molecular formula is C14H12FNO2. The van der Waals surface area contributed by atoms with Crippen molar-refractivity contribution in [3.05, 3.63) is 75.6 Å². The first-order valence-corrected chi connectivity index (χ1v) is 5.63. The minimum Gasteiger partial charge on any atom is -0.258 e. The highest BCUT2D eigenvalue weighted by atomic mass is 19.1. The molecule has 0 aliphatic carbocycles. The van der Waals surface area contributed by atoms with E-state index in [4.69, 9.17) is 0 Å². The maximum atomic E-state index is 13.1. The van der Waals surface area contributed by atoms with E-state index in [-0.39, 0.29) is 0 Å². The summed E-state index contributed by atoms with van der Waals surface area (Å²) in [6, 6.07) is 13.9. The van der Waals surface area contributed by atoms with Gasteiger partial charge in [-0.2, -0.15) is 4.39 Å². The zero-order chi connectivity index (χ0) is 13.0. The van der Waals surface area contributed by atoms with Gasteiger partial charge >= 0.3 is 5.69 Å². The third-order valence-electron chi connectivity index (χ3n) is 2.75. The lowest BCUT2D eigenvalue weighted by molar-refractivity contribution is -0.387. The van der Waals surface area contributed by atoms with Crippen molar-refractivity contribution >= 4 is 5.69 Å². The second-order valence-corrected chi connectivity index (χ2v) is 4.03. The number of nitro benzene ring substituents is 1. The molecule has 0 saturated carbocycles. The van der Waals surface area contributed by atoms with E-state index >= 15 is 0 Å². The topological polar surface area (TPSA) is 43.1 Å². The fourth-order valence-electron chi connectivity index (χ4n) is 1.79. The van der Waals surface area contributed by atoms with Crippen LogP contribution >= 0.6 is 0 Å². The molecular weight excluding hydrogens is 233 g/mol. The molecule has 0 atom stereocenters. The molecule has 0 fully saturated rings. The van der Waals surface area contributed by atoms with Gasteiger partial charge in [-0.1, -0.05) is 36.4 Å². The standard InChI is InChI=1S/C14H12FNO2/c15-13-9-8-12(10-14(13)16(17)18)7-6-11-4-2-1-3-5-11/h1-5,8-10H,6-7H2. The summed E-state index contributed by atoms with van der Waals surface area (Å²) in [5, 5.41) is 10.6. The molecule has 18 heavy (non-hydrogen) atoms. The average molecular weight is 245 g/mol. The Morgan fingerprint density at radius 2 is 1.67 bits per heavy atom. The van der Waals surface area contributed by atoms with E-state index in [1.54, 1.807) is 6.07 Å². The number of nitrogens with zero attached hydrogens (tertiary/aromatic N) is 1. The minimum absolute atomic E-state index is 0.458. The summed E-state index contributed by atoms with van der Waals surface area (Å²) in [7, 11) is 0. The van der Waals surface area contributed by atoms with E-state index in [2.05, 4.69) is 0 Å². The SMILES string of the molecule is O=[N+]([O-])c1cc(CCc2ccccc2)ccc1F. The molecule has 4 heteroatoms. The average Bonchev–Trinajstić information content (AvgIpc) is 2.38. The number of rotatable bonds is 4. The van der Waals surface area contributed by atoms with Crippen LogP contribution in [0.5, 0.6) is 0 Å². The highest BCUT2D eigenvalue weighted by molar-refractivity contribution is 5.36. The van der Waals surface area contributed by atoms with Crippen LogP contribution in [-0.2, 0) is 12.8 Å². The molecule has 0 aliphatic heterocycles. The molecule has 2 rings (SSSR count). The number of aryl methyl sites for hydroxylation is 2. The van der Waals surface area contributed by atoms with E-state index in [1.807, 2.05) is 30.3 Å².